The number of pyridine rings is 1. The molecule has 0 aliphatic carbocycles. The highest BCUT2D eigenvalue weighted by atomic mass is 16.3. The van der Waals surface area contributed by atoms with Crippen molar-refractivity contribution in [1.82, 2.24) is 19.7 Å². The van der Waals surface area contributed by atoms with Crippen molar-refractivity contribution in [3.63, 3.8) is 0 Å². The maximum atomic E-state index is 12.9. The molecular formula is C21H20N6O2. The first-order valence-electron chi connectivity index (χ1n) is 9.49. The number of carbonyl (C=O) groups excluding carboxylic acids is 1. The molecule has 29 heavy (non-hydrogen) atoms. The van der Waals surface area contributed by atoms with E-state index in [1.54, 1.807) is 18.5 Å². The average molecular weight is 388 g/mol. The smallest absolute Gasteiger partial charge is 0.277 e. The van der Waals surface area contributed by atoms with Crippen molar-refractivity contribution in [3.8, 4) is 11.5 Å². The van der Waals surface area contributed by atoms with Crippen LogP contribution in [0, 0.1) is 6.92 Å². The van der Waals surface area contributed by atoms with E-state index in [9.17, 15) is 4.79 Å². The SMILES string of the molecule is Cc1cc(-c2nc(C(=O)Nc3cc4cnn(C)c4cc3N3CCC3)co2)ccn1. The van der Waals surface area contributed by atoms with Crippen molar-refractivity contribution in [2.45, 2.75) is 13.3 Å². The number of benzene rings is 1. The zero-order valence-electron chi connectivity index (χ0n) is 16.2. The number of hydrogen-bond acceptors (Lipinski definition) is 6. The van der Waals surface area contributed by atoms with E-state index >= 15 is 0 Å². The van der Waals surface area contributed by atoms with E-state index in [1.807, 2.05) is 30.8 Å². The molecule has 1 N–H and O–H groups in total. The number of fused-ring (bicyclic) bond motifs is 1. The first-order chi connectivity index (χ1) is 14.1. The lowest BCUT2D eigenvalue weighted by Gasteiger charge is -2.34. The second-order valence-electron chi connectivity index (χ2n) is 7.21. The van der Waals surface area contributed by atoms with Crippen LogP contribution in [0.5, 0.6) is 0 Å². The Morgan fingerprint density at radius 3 is 2.86 bits per heavy atom. The molecule has 8 heteroatoms. The average Bonchev–Trinajstić information content (AvgIpc) is 3.29. The normalized spacial score (nSPS) is 13.5. The third-order valence-electron chi connectivity index (χ3n) is 5.19. The summed E-state index contributed by atoms with van der Waals surface area (Å²) in [5, 5.41) is 8.29. The van der Waals surface area contributed by atoms with Crippen LogP contribution < -0.4 is 10.2 Å². The fourth-order valence-electron chi connectivity index (χ4n) is 3.48. The van der Waals surface area contributed by atoms with Crippen molar-refractivity contribution in [3.05, 3.63) is 54.3 Å². The molecule has 0 bridgehead atoms. The summed E-state index contributed by atoms with van der Waals surface area (Å²) < 4.78 is 7.36. The van der Waals surface area contributed by atoms with Gasteiger partial charge in [0.2, 0.25) is 5.89 Å². The van der Waals surface area contributed by atoms with E-state index in [0.717, 1.165) is 53.0 Å². The Kier molecular flexibility index (Phi) is 4.04. The number of aryl methyl sites for hydroxylation is 2. The molecule has 0 radical (unpaired) electrons. The minimum Gasteiger partial charge on any atom is -0.444 e. The Bertz CT molecular complexity index is 1220. The Morgan fingerprint density at radius 2 is 2.10 bits per heavy atom. The van der Waals surface area contributed by atoms with Gasteiger partial charge in [0.05, 0.1) is 23.1 Å². The van der Waals surface area contributed by atoms with Crippen molar-refractivity contribution in [1.29, 1.82) is 0 Å². The predicted molar refractivity (Wildman–Crippen MR) is 110 cm³/mol. The molecule has 4 heterocycles. The number of nitrogens with zero attached hydrogens (tertiary/aromatic N) is 5. The Morgan fingerprint density at radius 1 is 1.24 bits per heavy atom. The topological polar surface area (TPSA) is 89.1 Å². The summed E-state index contributed by atoms with van der Waals surface area (Å²) in [6.07, 6.45) is 6.02. The fraction of sp³-hybridized carbons (Fsp3) is 0.238. The Balaban J connectivity index is 1.45. The highest BCUT2D eigenvalue weighted by Gasteiger charge is 2.22. The molecule has 1 aliphatic rings. The van der Waals surface area contributed by atoms with E-state index < -0.39 is 0 Å². The Labute approximate surface area is 167 Å². The second-order valence-corrected chi connectivity index (χ2v) is 7.21. The van der Waals surface area contributed by atoms with Crippen LogP contribution in [-0.4, -0.2) is 38.7 Å². The van der Waals surface area contributed by atoms with E-state index in [1.165, 1.54) is 6.26 Å². The van der Waals surface area contributed by atoms with Gasteiger partial charge in [0, 0.05) is 43.0 Å². The van der Waals surface area contributed by atoms with Crippen molar-refractivity contribution in [2.75, 3.05) is 23.3 Å². The van der Waals surface area contributed by atoms with Crippen LogP contribution in [0.15, 0.2) is 47.3 Å². The minimum absolute atomic E-state index is 0.232. The third kappa shape index (κ3) is 3.12. The molecule has 1 fully saturated rings. The van der Waals surface area contributed by atoms with E-state index in [2.05, 4.69) is 31.3 Å². The van der Waals surface area contributed by atoms with Crippen molar-refractivity contribution < 1.29 is 9.21 Å². The van der Waals surface area contributed by atoms with Gasteiger partial charge in [-0.05, 0) is 37.6 Å². The number of carbonyl (C=O) groups is 1. The molecule has 8 nitrogen and oxygen atoms in total. The van der Waals surface area contributed by atoms with Gasteiger partial charge in [0.15, 0.2) is 5.69 Å². The zero-order chi connectivity index (χ0) is 20.0. The molecule has 1 aliphatic heterocycles. The molecule has 0 unspecified atom stereocenters. The van der Waals surface area contributed by atoms with Crippen LogP contribution >= 0.6 is 0 Å². The molecule has 4 aromatic rings. The molecule has 146 valence electrons. The molecule has 0 spiro atoms. The minimum atomic E-state index is -0.309. The molecule has 3 aromatic heterocycles. The van der Waals surface area contributed by atoms with Gasteiger partial charge in [-0.3, -0.25) is 14.5 Å². The number of nitrogens with one attached hydrogen (secondary N) is 1. The zero-order valence-corrected chi connectivity index (χ0v) is 16.2. The van der Waals surface area contributed by atoms with E-state index in [0.29, 0.717) is 5.89 Å². The lowest BCUT2D eigenvalue weighted by Crippen LogP contribution is -2.37. The summed E-state index contributed by atoms with van der Waals surface area (Å²) in [5.74, 6) is 0.0853. The van der Waals surface area contributed by atoms with Gasteiger partial charge in [-0.2, -0.15) is 5.10 Å². The first kappa shape index (κ1) is 17.4. The summed E-state index contributed by atoms with van der Waals surface area (Å²) in [4.78, 5) is 23.6. The van der Waals surface area contributed by atoms with Gasteiger partial charge in [0.1, 0.15) is 6.26 Å². The van der Waals surface area contributed by atoms with Gasteiger partial charge in [0.25, 0.3) is 5.91 Å². The third-order valence-corrected chi connectivity index (χ3v) is 5.19. The van der Waals surface area contributed by atoms with Gasteiger partial charge < -0.3 is 14.6 Å². The summed E-state index contributed by atoms with van der Waals surface area (Å²) in [5.41, 5.74) is 4.65. The van der Waals surface area contributed by atoms with Crippen LogP contribution in [0.25, 0.3) is 22.4 Å². The highest BCUT2D eigenvalue weighted by Crippen LogP contribution is 2.34. The van der Waals surface area contributed by atoms with Crippen LogP contribution in [0.1, 0.15) is 22.6 Å². The monoisotopic (exact) mass is 388 g/mol. The first-order valence-corrected chi connectivity index (χ1v) is 9.49. The second kappa shape index (κ2) is 6.73. The number of anilines is 2. The molecule has 1 saturated heterocycles. The van der Waals surface area contributed by atoms with Crippen molar-refractivity contribution in [2.24, 2.45) is 7.05 Å². The van der Waals surface area contributed by atoms with Gasteiger partial charge in [-0.1, -0.05) is 0 Å². The lowest BCUT2D eigenvalue weighted by molar-refractivity contribution is 0.102. The summed E-state index contributed by atoms with van der Waals surface area (Å²) in [6.45, 7) is 3.84. The standard InChI is InChI=1S/C21H20N6O2/c1-13-8-14(4-5-22-13)21-25-17(12-29-21)20(28)24-16-9-15-11-23-26(2)18(15)10-19(16)27-6-3-7-27/h4-5,8-12H,3,6-7H2,1-2H3,(H,24,28). The molecule has 5 rings (SSSR count). The summed E-state index contributed by atoms with van der Waals surface area (Å²) in [6, 6.07) is 7.71. The van der Waals surface area contributed by atoms with Gasteiger partial charge >= 0.3 is 0 Å². The largest absolute Gasteiger partial charge is 0.444 e. The van der Waals surface area contributed by atoms with Crippen LogP contribution in [-0.2, 0) is 7.05 Å². The predicted octanol–water partition coefficient (Wildman–Crippen LogP) is 3.39. The van der Waals surface area contributed by atoms with Crippen molar-refractivity contribution >= 4 is 28.2 Å². The van der Waals surface area contributed by atoms with E-state index in [4.69, 9.17) is 4.42 Å². The maximum Gasteiger partial charge on any atom is 0.277 e. The van der Waals surface area contributed by atoms with Gasteiger partial charge in [-0.25, -0.2) is 4.98 Å². The molecule has 1 aromatic carbocycles. The molecule has 0 atom stereocenters. The van der Waals surface area contributed by atoms with Crippen LogP contribution in [0.2, 0.25) is 0 Å². The van der Waals surface area contributed by atoms with Crippen LogP contribution in [0.3, 0.4) is 0 Å². The molecular weight excluding hydrogens is 368 g/mol. The summed E-state index contributed by atoms with van der Waals surface area (Å²) >= 11 is 0. The lowest BCUT2D eigenvalue weighted by atomic mass is 10.1. The highest BCUT2D eigenvalue weighted by molar-refractivity contribution is 6.06. The maximum absolute atomic E-state index is 12.9. The number of rotatable bonds is 4. The Hall–Kier alpha value is -3.68. The summed E-state index contributed by atoms with van der Waals surface area (Å²) in [7, 11) is 1.91. The number of hydrogen-bond donors (Lipinski definition) is 1. The van der Waals surface area contributed by atoms with E-state index in [-0.39, 0.29) is 11.6 Å². The molecule has 1 amide bonds. The van der Waals surface area contributed by atoms with Gasteiger partial charge in [-0.15, -0.1) is 0 Å². The number of oxazole rings is 1. The quantitative estimate of drug-likeness (QED) is 0.576. The number of amides is 1. The van der Waals surface area contributed by atoms with Crippen LogP contribution in [0.4, 0.5) is 11.4 Å². The fourth-order valence-corrected chi connectivity index (χ4v) is 3.48. The molecule has 0 saturated carbocycles. The number of aromatic nitrogens is 4.